The van der Waals surface area contributed by atoms with Crippen molar-refractivity contribution < 1.29 is 19.1 Å². The van der Waals surface area contributed by atoms with E-state index in [0.29, 0.717) is 42.5 Å². The Morgan fingerprint density at radius 1 is 1.07 bits per heavy atom. The van der Waals surface area contributed by atoms with E-state index in [0.717, 1.165) is 0 Å². The van der Waals surface area contributed by atoms with E-state index in [9.17, 15) is 9.59 Å². The Kier molecular flexibility index (Phi) is 4.74. The Balaban J connectivity index is 1.39. The zero-order chi connectivity index (χ0) is 18.6. The van der Waals surface area contributed by atoms with Gasteiger partial charge in [0.25, 0.3) is 5.91 Å². The lowest BCUT2D eigenvalue weighted by molar-refractivity contribution is -0.119. The first kappa shape index (κ1) is 17.1. The highest BCUT2D eigenvalue weighted by Gasteiger charge is 2.27. The van der Waals surface area contributed by atoms with Crippen LogP contribution in [0.25, 0.3) is 0 Å². The second-order valence-electron chi connectivity index (χ2n) is 6.30. The van der Waals surface area contributed by atoms with Crippen LogP contribution in [0.3, 0.4) is 0 Å². The van der Waals surface area contributed by atoms with Gasteiger partial charge in [-0.3, -0.25) is 9.59 Å². The Morgan fingerprint density at radius 2 is 1.81 bits per heavy atom. The standard InChI is InChI=1S/C20H19N3O4/c24-19-11-10-16(22-23(19)14-6-2-1-3-7-14)20(25)21-12-15-13-26-17-8-4-5-9-18(17)27-15/h1-9,15H,10-13H2,(H,21,25)/t15-/m0/s1. The number of carbonyl (C=O) groups is 2. The van der Waals surface area contributed by atoms with E-state index in [-0.39, 0.29) is 24.3 Å². The smallest absolute Gasteiger partial charge is 0.267 e. The number of hydrogen-bond acceptors (Lipinski definition) is 5. The molecule has 2 aliphatic rings. The van der Waals surface area contributed by atoms with Gasteiger partial charge in [-0.2, -0.15) is 5.10 Å². The predicted molar refractivity (Wildman–Crippen MR) is 100.0 cm³/mol. The molecule has 0 fully saturated rings. The fraction of sp³-hybridized carbons (Fsp3) is 0.250. The molecular weight excluding hydrogens is 346 g/mol. The van der Waals surface area contributed by atoms with Crippen molar-refractivity contribution in [2.24, 2.45) is 5.10 Å². The lowest BCUT2D eigenvalue weighted by Gasteiger charge is -2.27. The van der Waals surface area contributed by atoms with Gasteiger partial charge in [-0.05, 0) is 24.3 Å². The van der Waals surface area contributed by atoms with Crippen LogP contribution in [0, 0.1) is 0 Å². The van der Waals surface area contributed by atoms with Crippen LogP contribution in [0.5, 0.6) is 11.5 Å². The number of anilines is 1. The average Bonchev–Trinajstić information content (AvgIpc) is 2.73. The van der Waals surface area contributed by atoms with E-state index in [4.69, 9.17) is 9.47 Å². The summed E-state index contributed by atoms with van der Waals surface area (Å²) in [5.74, 6) is 0.942. The van der Waals surface area contributed by atoms with E-state index < -0.39 is 0 Å². The van der Waals surface area contributed by atoms with Crippen LogP contribution in [0.15, 0.2) is 59.7 Å². The van der Waals surface area contributed by atoms with E-state index in [2.05, 4.69) is 10.4 Å². The van der Waals surface area contributed by atoms with Gasteiger partial charge in [0.15, 0.2) is 11.5 Å². The molecule has 0 bridgehead atoms. The zero-order valence-electron chi connectivity index (χ0n) is 14.6. The Hall–Kier alpha value is -3.35. The number of hydrogen-bond donors (Lipinski definition) is 1. The van der Waals surface area contributed by atoms with Crippen molar-refractivity contribution >= 4 is 23.2 Å². The summed E-state index contributed by atoms with van der Waals surface area (Å²) in [6, 6.07) is 16.5. The number of benzene rings is 2. The molecule has 0 aromatic heterocycles. The second kappa shape index (κ2) is 7.49. The minimum atomic E-state index is -0.300. The fourth-order valence-electron chi connectivity index (χ4n) is 2.96. The third kappa shape index (κ3) is 3.76. The largest absolute Gasteiger partial charge is 0.486 e. The molecule has 0 radical (unpaired) electrons. The van der Waals surface area contributed by atoms with E-state index in [1.165, 1.54) is 5.01 Å². The molecule has 0 aliphatic carbocycles. The predicted octanol–water partition coefficient (Wildman–Crippen LogP) is 2.13. The summed E-state index contributed by atoms with van der Waals surface area (Å²) < 4.78 is 11.5. The van der Waals surface area contributed by atoms with Crippen LogP contribution in [0.1, 0.15) is 12.8 Å². The van der Waals surface area contributed by atoms with Gasteiger partial charge in [0.2, 0.25) is 5.91 Å². The highest BCUT2D eigenvalue weighted by Crippen LogP contribution is 2.30. The molecule has 0 spiro atoms. The molecule has 2 aliphatic heterocycles. The molecule has 2 amide bonds. The van der Waals surface area contributed by atoms with Crippen molar-refractivity contribution in [3.05, 3.63) is 54.6 Å². The first-order valence-electron chi connectivity index (χ1n) is 8.83. The van der Waals surface area contributed by atoms with Gasteiger partial charge in [0, 0.05) is 12.8 Å². The number of fused-ring (bicyclic) bond motifs is 1. The van der Waals surface area contributed by atoms with E-state index in [1.807, 2.05) is 42.5 Å². The zero-order valence-corrected chi connectivity index (χ0v) is 14.6. The second-order valence-corrected chi connectivity index (χ2v) is 6.30. The molecule has 1 N–H and O–H groups in total. The number of hydrazone groups is 1. The van der Waals surface area contributed by atoms with Crippen LogP contribution < -0.4 is 19.8 Å². The first-order valence-corrected chi connectivity index (χ1v) is 8.83. The van der Waals surface area contributed by atoms with Gasteiger partial charge in [-0.15, -0.1) is 0 Å². The van der Waals surface area contributed by atoms with E-state index in [1.54, 1.807) is 12.1 Å². The number of nitrogens with zero attached hydrogens (tertiary/aromatic N) is 2. The first-order chi connectivity index (χ1) is 13.2. The molecule has 7 nitrogen and oxygen atoms in total. The Bertz CT molecular complexity index is 882. The highest BCUT2D eigenvalue weighted by molar-refractivity contribution is 6.40. The van der Waals surface area contributed by atoms with Crippen molar-refractivity contribution in [1.29, 1.82) is 0 Å². The van der Waals surface area contributed by atoms with Crippen molar-refractivity contribution in [2.45, 2.75) is 18.9 Å². The average molecular weight is 365 g/mol. The third-order valence-electron chi connectivity index (χ3n) is 4.35. The number of para-hydroxylation sites is 3. The summed E-state index contributed by atoms with van der Waals surface area (Å²) in [6.07, 6.45) is 0.288. The molecule has 2 aromatic rings. The van der Waals surface area contributed by atoms with Gasteiger partial charge in [0.05, 0.1) is 12.2 Å². The number of nitrogens with one attached hydrogen (secondary N) is 1. The van der Waals surface area contributed by atoms with Crippen molar-refractivity contribution in [3.8, 4) is 11.5 Å². The van der Waals surface area contributed by atoms with E-state index >= 15 is 0 Å². The summed E-state index contributed by atoms with van der Waals surface area (Å²) >= 11 is 0. The summed E-state index contributed by atoms with van der Waals surface area (Å²) in [7, 11) is 0. The Labute approximate surface area is 156 Å². The topological polar surface area (TPSA) is 80.2 Å². The summed E-state index contributed by atoms with van der Waals surface area (Å²) in [5.41, 5.74) is 0.976. The number of rotatable bonds is 4. The van der Waals surface area contributed by atoms with Crippen LogP contribution >= 0.6 is 0 Å². The molecule has 2 aromatic carbocycles. The third-order valence-corrected chi connectivity index (χ3v) is 4.35. The van der Waals surface area contributed by atoms with Gasteiger partial charge in [-0.1, -0.05) is 30.3 Å². The monoisotopic (exact) mass is 365 g/mol. The Morgan fingerprint density at radius 3 is 2.63 bits per heavy atom. The molecule has 27 heavy (non-hydrogen) atoms. The van der Waals surface area contributed by atoms with Crippen LogP contribution in [0.2, 0.25) is 0 Å². The number of amides is 2. The van der Waals surface area contributed by atoms with Crippen LogP contribution in [-0.2, 0) is 9.59 Å². The summed E-state index contributed by atoms with van der Waals surface area (Å²) in [4.78, 5) is 24.6. The normalized spacial score (nSPS) is 18.7. The minimum Gasteiger partial charge on any atom is -0.486 e. The van der Waals surface area contributed by atoms with Gasteiger partial charge in [-0.25, -0.2) is 5.01 Å². The maximum absolute atomic E-state index is 12.5. The number of carbonyl (C=O) groups excluding carboxylic acids is 2. The number of ether oxygens (including phenoxy) is 2. The molecule has 0 saturated carbocycles. The van der Waals surface area contributed by atoms with Crippen LogP contribution in [-0.4, -0.2) is 36.8 Å². The van der Waals surface area contributed by atoms with Gasteiger partial charge < -0.3 is 14.8 Å². The van der Waals surface area contributed by atoms with Crippen molar-refractivity contribution in [3.63, 3.8) is 0 Å². The van der Waals surface area contributed by atoms with Crippen molar-refractivity contribution in [2.75, 3.05) is 18.2 Å². The quantitative estimate of drug-likeness (QED) is 0.900. The van der Waals surface area contributed by atoms with Gasteiger partial charge >= 0.3 is 0 Å². The van der Waals surface area contributed by atoms with Crippen molar-refractivity contribution in [1.82, 2.24) is 5.32 Å². The summed E-state index contributed by atoms with van der Waals surface area (Å²) in [6.45, 7) is 0.657. The SMILES string of the molecule is O=C(NC[C@H]1COc2ccccc2O1)C1=NN(c2ccccc2)C(=O)CC1. The minimum absolute atomic E-state index is 0.127. The molecule has 0 unspecified atom stereocenters. The molecule has 7 heteroatoms. The molecule has 4 rings (SSSR count). The maximum atomic E-state index is 12.5. The van der Waals surface area contributed by atoms with Gasteiger partial charge in [0.1, 0.15) is 18.4 Å². The highest BCUT2D eigenvalue weighted by atomic mass is 16.6. The maximum Gasteiger partial charge on any atom is 0.267 e. The molecule has 1 atom stereocenters. The summed E-state index contributed by atoms with van der Waals surface area (Å²) in [5, 5.41) is 8.36. The lowest BCUT2D eigenvalue weighted by atomic mass is 10.1. The molecular formula is C20H19N3O4. The molecule has 0 saturated heterocycles. The van der Waals surface area contributed by atoms with Crippen LogP contribution in [0.4, 0.5) is 5.69 Å². The molecule has 2 heterocycles. The molecule has 138 valence electrons. The lowest BCUT2D eigenvalue weighted by Crippen LogP contribution is -2.44. The fourth-order valence-corrected chi connectivity index (χ4v) is 2.96.